The SMILES string of the molecule is Cc1cc(-c2ccccc2C)nc(N2CCNCC2)n1. The number of piperazine rings is 1. The van der Waals surface area contributed by atoms with Gasteiger partial charge in [-0.05, 0) is 25.5 Å². The van der Waals surface area contributed by atoms with Crippen LogP contribution in [0.1, 0.15) is 11.3 Å². The van der Waals surface area contributed by atoms with Gasteiger partial charge in [0, 0.05) is 37.4 Å². The summed E-state index contributed by atoms with van der Waals surface area (Å²) in [5.74, 6) is 0.852. The molecule has 1 aromatic heterocycles. The topological polar surface area (TPSA) is 41.1 Å². The first kappa shape index (κ1) is 13.1. The largest absolute Gasteiger partial charge is 0.338 e. The minimum atomic E-state index is 0.852. The highest BCUT2D eigenvalue weighted by Gasteiger charge is 2.15. The van der Waals surface area contributed by atoms with Crippen molar-refractivity contribution in [2.75, 3.05) is 31.1 Å². The minimum absolute atomic E-state index is 0.852. The first-order valence-corrected chi connectivity index (χ1v) is 7.11. The van der Waals surface area contributed by atoms with Gasteiger partial charge in [0.1, 0.15) is 0 Å². The average molecular weight is 268 g/mol. The van der Waals surface area contributed by atoms with Crippen LogP contribution in [0.25, 0.3) is 11.3 Å². The van der Waals surface area contributed by atoms with E-state index in [0.29, 0.717) is 0 Å². The number of hydrogen-bond acceptors (Lipinski definition) is 4. The lowest BCUT2D eigenvalue weighted by atomic mass is 10.1. The number of hydrogen-bond donors (Lipinski definition) is 1. The molecule has 4 heteroatoms. The number of nitrogens with zero attached hydrogens (tertiary/aromatic N) is 3. The van der Waals surface area contributed by atoms with Crippen LogP contribution in [0, 0.1) is 13.8 Å². The fraction of sp³-hybridized carbons (Fsp3) is 0.375. The van der Waals surface area contributed by atoms with E-state index in [-0.39, 0.29) is 0 Å². The van der Waals surface area contributed by atoms with E-state index < -0.39 is 0 Å². The zero-order valence-electron chi connectivity index (χ0n) is 12.1. The van der Waals surface area contributed by atoms with E-state index in [1.54, 1.807) is 0 Å². The van der Waals surface area contributed by atoms with Crippen LogP contribution in [0.2, 0.25) is 0 Å². The Morgan fingerprint density at radius 3 is 2.55 bits per heavy atom. The van der Waals surface area contributed by atoms with Gasteiger partial charge in [-0.3, -0.25) is 0 Å². The van der Waals surface area contributed by atoms with Gasteiger partial charge in [-0.15, -0.1) is 0 Å². The molecule has 0 bridgehead atoms. The standard InChI is InChI=1S/C16H20N4/c1-12-5-3-4-6-14(12)15-11-13(2)18-16(19-15)20-9-7-17-8-10-20/h3-6,11,17H,7-10H2,1-2H3. The first-order valence-electron chi connectivity index (χ1n) is 7.11. The lowest BCUT2D eigenvalue weighted by Crippen LogP contribution is -2.44. The second-order valence-corrected chi connectivity index (χ2v) is 5.25. The van der Waals surface area contributed by atoms with Crippen molar-refractivity contribution in [1.82, 2.24) is 15.3 Å². The molecule has 0 unspecified atom stereocenters. The van der Waals surface area contributed by atoms with Crippen LogP contribution in [-0.4, -0.2) is 36.1 Å². The third kappa shape index (κ3) is 2.65. The number of aromatic nitrogens is 2. The Labute approximate surface area is 119 Å². The molecule has 0 radical (unpaired) electrons. The molecule has 1 fully saturated rings. The fourth-order valence-electron chi connectivity index (χ4n) is 2.56. The fourth-order valence-corrected chi connectivity index (χ4v) is 2.56. The highest BCUT2D eigenvalue weighted by atomic mass is 15.3. The van der Waals surface area contributed by atoms with Crippen LogP contribution in [0.15, 0.2) is 30.3 Å². The Morgan fingerprint density at radius 2 is 1.80 bits per heavy atom. The van der Waals surface area contributed by atoms with E-state index in [1.807, 2.05) is 6.92 Å². The number of rotatable bonds is 2. The van der Waals surface area contributed by atoms with E-state index in [0.717, 1.165) is 43.5 Å². The summed E-state index contributed by atoms with van der Waals surface area (Å²) in [6.07, 6.45) is 0. The van der Waals surface area contributed by atoms with Gasteiger partial charge < -0.3 is 10.2 Å². The van der Waals surface area contributed by atoms with E-state index in [2.05, 4.69) is 52.5 Å². The molecular formula is C16H20N4. The Bertz CT molecular complexity index is 603. The van der Waals surface area contributed by atoms with Gasteiger partial charge in [-0.25, -0.2) is 9.97 Å². The number of benzene rings is 1. The Hall–Kier alpha value is -1.94. The molecule has 2 heterocycles. The van der Waals surface area contributed by atoms with Crippen molar-refractivity contribution in [3.05, 3.63) is 41.6 Å². The lowest BCUT2D eigenvalue weighted by Gasteiger charge is -2.27. The highest BCUT2D eigenvalue weighted by Crippen LogP contribution is 2.23. The maximum atomic E-state index is 4.78. The summed E-state index contributed by atoms with van der Waals surface area (Å²) >= 11 is 0. The molecule has 0 spiro atoms. The van der Waals surface area contributed by atoms with Crippen LogP contribution in [0.4, 0.5) is 5.95 Å². The zero-order valence-corrected chi connectivity index (χ0v) is 12.1. The van der Waals surface area contributed by atoms with E-state index in [1.165, 1.54) is 11.1 Å². The molecule has 2 aromatic rings. The molecule has 1 saturated heterocycles. The first-order chi connectivity index (χ1) is 9.74. The quantitative estimate of drug-likeness (QED) is 0.906. The van der Waals surface area contributed by atoms with Crippen molar-refractivity contribution in [1.29, 1.82) is 0 Å². The van der Waals surface area contributed by atoms with Crippen molar-refractivity contribution in [3.8, 4) is 11.3 Å². The molecule has 3 rings (SSSR count). The second kappa shape index (κ2) is 5.59. The van der Waals surface area contributed by atoms with Gasteiger partial charge in [0.25, 0.3) is 0 Å². The van der Waals surface area contributed by atoms with Crippen molar-refractivity contribution >= 4 is 5.95 Å². The van der Waals surface area contributed by atoms with E-state index in [4.69, 9.17) is 4.98 Å². The Kier molecular flexibility index (Phi) is 3.65. The second-order valence-electron chi connectivity index (χ2n) is 5.25. The molecule has 20 heavy (non-hydrogen) atoms. The molecule has 0 amide bonds. The summed E-state index contributed by atoms with van der Waals surface area (Å²) in [4.78, 5) is 11.6. The van der Waals surface area contributed by atoms with Gasteiger partial charge in [0.15, 0.2) is 0 Å². The van der Waals surface area contributed by atoms with Gasteiger partial charge in [0.2, 0.25) is 5.95 Å². The number of aryl methyl sites for hydroxylation is 2. The molecule has 1 aromatic carbocycles. The van der Waals surface area contributed by atoms with Crippen LogP contribution in [-0.2, 0) is 0 Å². The number of nitrogens with one attached hydrogen (secondary N) is 1. The van der Waals surface area contributed by atoms with E-state index >= 15 is 0 Å². The molecule has 1 aliphatic rings. The average Bonchev–Trinajstić information content (AvgIpc) is 2.48. The van der Waals surface area contributed by atoms with Crippen LogP contribution < -0.4 is 10.2 Å². The van der Waals surface area contributed by atoms with Crippen molar-refractivity contribution in [2.45, 2.75) is 13.8 Å². The Morgan fingerprint density at radius 1 is 1.05 bits per heavy atom. The van der Waals surface area contributed by atoms with Gasteiger partial charge >= 0.3 is 0 Å². The Balaban J connectivity index is 2.00. The van der Waals surface area contributed by atoms with Gasteiger partial charge in [0.05, 0.1) is 5.69 Å². The molecular weight excluding hydrogens is 248 g/mol. The van der Waals surface area contributed by atoms with Crippen molar-refractivity contribution in [2.24, 2.45) is 0 Å². The molecule has 4 nitrogen and oxygen atoms in total. The monoisotopic (exact) mass is 268 g/mol. The van der Waals surface area contributed by atoms with Gasteiger partial charge in [-0.1, -0.05) is 24.3 Å². The molecule has 1 N–H and O–H groups in total. The third-order valence-corrected chi connectivity index (χ3v) is 3.66. The van der Waals surface area contributed by atoms with E-state index in [9.17, 15) is 0 Å². The lowest BCUT2D eigenvalue weighted by molar-refractivity contribution is 0.579. The zero-order chi connectivity index (χ0) is 13.9. The van der Waals surface area contributed by atoms with Crippen molar-refractivity contribution in [3.63, 3.8) is 0 Å². The molecule has 0 saturated carbocycles. The molecule has 0 atom stereocenters. The summed E-state index contributed by atoms with van der Waals surface area (Å²) in [5.41, 5.74) is 4.47. The van der Waals surface area contributed by atoms with Crippen LogP contribution in [0.5, 0.6) is 0 Å². The minimum Gasteiger partial charge on any atom is -0.338 e. The summed E-state index contributed by atoms with van der Waals surface area (Å²) in [6.45, 7) is 8.09. The summed E-state index contributed by atoms with van der Waals surface area (Å²) < 4.78 is 0. The van der Waals surface area contributed by atoms with Crippen molar-refractivity contribution < 1.29 is 0 Å². The third-order valence-electron chi connectivity index (χ3n) is 3.66. The highest BCUT2D eigenvalue weighted by molar-refractivity contribution is 5.64. The predicted molar refractivity (Wildman–Crippen MR) is 82.0 cm³/mol. The van der Waals surface area contributed by atoms with Gasteiger partial charge in [-0.2, -0.15) is 0 Å². The predicted octanol–water partition coefficient (Wildman–Crippen LogP) is 2.17. The summed E-state index contributed by atoms with van der Waals surface area (Å²) in [7, 11) is 0. The molecule has 0 aliphatic carbocycles. The normalized spacial score (nSPS) is 15.4. The number of anilines is 1. The smallest absolute Gasteiger partial charge is 0.226 e. The maximum absolute atomic E-state index is 4.78. The van der Waals surface area contributed by atoms with Crippen LogP contribution in [0.3, 0.4) is 0 Å². The summed E-state index contributed by atoms with van der Waals surface area (Å²) in [6, 6.07) is 10.4. The maximum Gasteiger partial charge on any atom is 0.226 e. The molecule has 104 valence electrons. The van der Waals surface area contributed by atoms with Crippen LogP contribution >= 0.6 is 0 Å². The molecule has 1 aliphatic heterocycles. The summed E-state index contributed by atoms with van der Waals surface area (Å²) in [5, 5.41) is 3.36.